The Hall–Kier alpha value is -1.42. The molecule has 0 amide bonds. The Morgan fingerprint density at radius 3 is 2.79 bits per heavy atom. The molecule has 0 aliphatic heterocycles. The van der Waals surface area contributed by atoms with Crippen LogP contribution in [0.3, 0.4) is 0 Å². The van der Waals surface area contributed by atoms with Crippen LogP contribution < -0.4 is 5.32 Å². The molecule has 0 aromatic carbocycles. The summed E-state index contributed by atoms with van der Waals surface area (Å²) in [5.41, 5.74) is 0.590. The molecule has 4 nitrogen and oxygen atoms in total. The summed E-state index contributed by atoms with van der Waals surface area (Å²) >= 11 is 0. The van der Waals surface area contributed by atoms with Gasteiger partial charge >= 0.3 is 0 Å². The molecule has 1 aromatic rings. The molecule has 1 rings (SSSR count). The number of pyridine rings is 1. The van der Waals surface area contributed by atoms with E-state index in [1.165, 1.54) is 13.1 Å². The summed E-state index contributed by atoms with van der Waals surface area (Å²) in [5.74, 6) is 0.663. The van der Waals surface area contributed by atoms with Crippen molar-refractivity contribution in [2.75, 3.05) is 11.9 Å². The lowest BCUT2D eigenvalue weighted by Crippen LogP contribution is -2.19. The van der Waals surface area contributed by atoms with Crippen molar-refractivity contribution in [2.24, 2.45) is 0 Å². The van der Waals surface area contributed by atoms with Crippen LogP contribution in [0.15, 0.2) is 18.3 Å². The maximum atomic E-state index is 10.9. The van der Waals surface area contributed by atoms with Gasteiger partial charge in [-0.05, 0) is 26.0 Å². The van der Waals surface area contributed by atoms with Gasteiger partial charge in [-0.25, -0.2) is 4.98 Å². The minimum absolute atomic E-state index is 0.000688. The first-order chi connectivity index (χ1) is 6.63. The summed E-state index contributed by atoms with van der Waals surface area (Å²) < 4.78 is 0. The highest BCUT2D eigenvalue weighted by molar-refractivity contribution is 5.93. The van der Waals surface area contributed by atoms with E-state index in [0.717, 1.165) is 0 Å². The fourth-order valence-corrected chi connectivity index (χ4v) is 0.986. The average Bonchev–Trinajstić information content (AvgIpc) is 2.18. The molecule has 0 spiro atoms. The predicted molar refractivity (Wildman–Crippen MR) is 54.4 cm³/mol. The Kier molecular flexibility index (Phi) is 3.59. The maximum absolute atomic E-state index is 10.9. The topological polar surface area (TPSA) is 62.2 Å². The second-order valence-corrected chi connectivity index (χ2v) is 3.22. The third kappa shape index (κ3) is 2.81. The van der Waals surface area contributed by atoms with Crippen LogP contribution in [-0.4, -0.2) is 28.5 Å². The molecule has 1 aromatic heterocycles. The van der Waals surface area contributed by atoms with E-state index < -0.39 is 0 Å². The van der Waals surface area contributed by atoms with Gasteiger partial charge in [-0.1, -0.05) is 0 Å². The molecule has 14 heavy (non-hydrogen) atoms. The molecular weight excluding hydrogens is 180 g/mol. The number of carbonyl (C=O) groups excluding carboxylic acids is 1. The number of hydrogen-bond donors (Lipinski definition) is 2. The van der Waals surface area contributed by atoms with Crippen molar-refractivity contribution < 1.29 is 9.90 Å². The number of aromatic nitrogens is 1. The second kappa shape index (κ2) is 4.72. The van der Waals surface area contributed by atoms with Crippen LogP contribution in [0.25, 0.3) is 0 Å². The lowest BCUT2D eigenvalue weighted by molar-refractivity contribution is 0.101. The Morgan fingerprint density at radius 2 is 2.36 bits per heavy atom. The SMILES string of the molecule is CC(=O)c1ccc(N[C@@H](C)CO)nc1. The number of nitrogens with zero attached hydrogens (tertiary/aromatic N) is 1. The maximum Gasteiger partial charge on any atom is 0.161 e. The third-order valence-electron chi connectivity index (χ3n) is 1.84. The van der Waals surface area contributed by atoms with Gasteiger partial charge in [-0.3, -0.25) is 4.79 Å². The van der Waals surface area contributed by atoms with Crippen molar-refractivity contribution in [1.82, 2.24) is 4.98 Å². The fourth-order valence-electron chi connectivity index (χ4n) is 0.986. The van der Waals surface area contributed by atoms with Crippen LogP contribution in [0.4, 0.5) is 5.82 Å². The van der Waals surface area contributed by atoms with Crippen molar-refractivity contribution in [1.29, 1.82) is 0 Å². The van der Waals surface area contributed by atoms with Crippen LogP contribution in [0.5, 0.6) is 0 Å². The van der Waals surface area contributed by atoms with Crippen molar-refractivity contribution in [2.45, 2.75) is 19.9 Å². The van der Waals surface area contributed by atoms with Gasteiger partial charge in [-0.15, -0.1) is 0 Å². The van der Waals surface area contributed by atoms with Crippen molar-refractivity contribution in [3.63, 3.8) is 0 Å². The first-order valence-corrected chi connectivity index (χ1v) is 4.48. The fraction of sp³-hybridized carbons (Fsp3) is 0.400. The van der Waals surface area contributed by atoms with E-state index in [9.17, 15) is 4.79 Å². The molecule has 76 valence electrons. The summed E-state index contributed by atoms with van der Waals surface area (Å²) in [4.78, 5) is 15.0. The van der Waals surface area contributed by atoms with Crippen LogP contribution in [0.2, 0.25) is 0 Å². The number of aliphatic hydroxyl groups is 1. The van der Waals surface area contributed by atoms with E-state index in [2.05, 4.69) is 10.3 Å². The third-order valence-corrected chi connectivity index (χ3v) is 1.84. The summed E-state index contributed by atoms with van der Waals surface area (Å²) in [7, 11) is 0. The molecule has 0 unspecified atom stereocenters. The highest BCUT2D eigenvalue weighted by atomic mass is 16.3. The standard InChI is InChI=1S/C10H14N2O2/c1-7(6-13)12-10-4-3-9(5-11-10)8(2)14/h3-5,7,13H,6H2,1-2H3,(H,11,12)/t7-/m0/s1. The lowest BCUT2D eigenvalue weighted by Gasteiger charge is -2.10. The summed E-state index contributed by atoms with van der Waals surface area (Å²) in [6.07, 6.45) is 1.52. The Bertz CT molecular complexity index is 308. The number of Topliss-reactive ketones (excluding diaryl/α,β-unsaturated/α-hetero) is 1. The Labute approximate surface area is 83.0 Å². The summed E-state index contributed by atoms with van der Waals surface area (Å²) in [5, 5.41) is 11.8. The number of aliphatic hydroxyl groups excluding tert-OH is 1. The molecule has 0 aliphatic carbocycles. The van der Waals surface area contributed by atoms with Crippen LogP contribution in [0, 0.1) is 0 Å². The number of hydrogen-bond acceptors (Lipinski definition) is 4. The van der Waals surface area contributed by atoms with Gasteiger partial charge in [0.15, 0.2) is 5.78 Å². The van der Waals surface area contributed by atoms with Crippen LogP contribution in [0.1, 0.15) is 24.2 Å². The molecule has 2 N–H and O–H groups in total. The minimum atomic E-state index is -0.0364. The summed E-state index contributed by atoms with van der Waals surface area (Å²) in [6.45, 7) is 3.40. The minimum Gasteiger partial charge on any atom is -0.394 e. The molecule has 0 saturated heterocycles. The highest BCUT2D eigenvalue weighted by Gasteiger charge is 2.02. The average molecular weight is 194 g/mol. The Morgan fingerprint density at radius 1 is 1.64 bits per heavy atom. The zero-order valence-electron chi connectivity index (χ0n) is 8.32. The van der Waals surface area contributed by atoms with E-state index in [1.54, 1.807) is 12.1 Å². The van der Waals surface area contributed by atoms with Gasteiger partial charge in [0, 0.05) is 17.8 Å². The molecular formula is C10H14N2O2. The number of rotatable bonds is 4. The lowest BCUT2D eigenvalue weighted by atomic mass is 10.2. The van der Waals surface area contributed by atoms with Gasteiger partial charge in [0.05, 0.1) is 6.61 Å². The summed E-state index contributed by atoms with van der Waals surface area (Å²) in [6, 6.07) is 3.40. The van der Waals surface area contributed by atoms with Crippen molar-refractivity contribution >= 4 is 11.6 Å². The molecule has 1 atom stereocenters. The van der Waals surface area contributed by atoms with Crippen molar-refractivity contribution in [3.8, 4) is 0 Å². The van der Waals surface area contributed by atoms with E-state index in [0.29, 0.717) is 11.4 Å². The van der Waals surface area contributed by atoms with Gasteiger partial charge < -0.3 is 10.4 Å². The van der Waals surface area contributed by atoms with Crippen LogP contribution >= 0.6 is 0 Å². The molecule has 0 saturated carbocycles. The van der Waals surface area contributed by atoms with Gasteiger partial charge in [0.1, 0.15) is 5.82 Å². The van der Waals surface area contributed by atoms with Gasteiger partial charge in [0.25, 0.3) is 0 Å². The number of ketones is 1. The first-order valence-electron chi connectivity index (χ1n) is 4.48. The smallest absolute Gasteiger partial charge is 0.161 e. The van der Waals surface area contributed by atoms with Crippen molar-refractivity contribution in [3.05, 3.63) is 23.9 Å². The number of carbonyl (C=O) groups is 1. The van der Waals surface area contributed by atoms with Gasteiger partial charge in [0.2, 0.25) is 0 Å². The zero-order chi connectivity index (χ0) is 10.6. The van der Waals surface area contributed by atoms with Gasteiger partial charge in [-0.2, -0.15) is 0 Å². The zero-order valence-corrected chi connectivity index (χ0v) is 8.32. The quantitative estimate of drug-likeness (QED) is 0.704. The largest absolute Gasteiger partial charge is 0.394 e. The highest BCUT2D eigenvalue weighted by Crippen LogP contribution is 2.06. The number of nitrogens with one attached hydrogen (secondary N) is 1. The number of anilines is 1. The normalized spacial score (nSPS) is 12.2. The van der Waals surface area contributed by atoms with E-state index in [4.69, 9.17) is 5.11 Å². The molecule has 0 bridgehead atoms. The first kappa shape index (κ1) is 10.7. The molecule has 1 heterocycles. The second-order valence-electron chi connectivity index (χ2n) is 3.22. The van der Waals surface area contributed by atoms with E-state index >= 15 is 0 Å². The Balaban J connectivity index is 2.68. The predicted octanol–water partition coefficient (Wildman–Crippen LogP) is 1.08. The molecule has 0 aliphatic rings. The van der Waals surface area contributed by atoms with E-state index in [-0.39, 0.29) is 18.4 Å². The molecule has 4 heteroatoms. The van der Waals surface area contributed by atoms with Crippen LogP contribution in [-0.2, 0) is 0 Å². The monoisotopic (exact) mass is 194 g/mol. The van der Waals surface area contributed by atoms with E-state index in [1.807, 2.05) is 6.92 Å². The molecule has 0 radical (unpaired) electrons. The molecule has 0 fully saturated rings.